The summed E-state index contributed by atoms with van der Waals surface area (Å²) in [5, 5.41) is 15.6. The van der Waals surface area contributed by atoms with Crippen LogP contribution >= 0.6 is 0 Å². The Balaban J connectivity index is 1.38. The highest BCUT2D eigenvalue weighted by Gasteiger charge is 2.37. The number of likely N-dealkylation sites (tertiary alicyclic amines) is 1. The third-order valence-electron chi connectivity index (χ3n) is 7.37. The van der Waals surface area contributed by atoms with Crippen molar-refractivity contribution in [1.82, 2.24) is 19.7 Å². The van der Waals surface area contributed by atoms with Crippen LogP contribution in [0, 0.1) is 11.6 Å². The van der Waals surface area contributed by atoms with Gasteiger partial charge in [0.15, 0.2) is 0 Å². The third-order valence-corrected chi connectivity index (χ3v) is 7.37. The van der Waals surface area contributed by atoms with E-state index in [4.69, 9.17) is 4.74 Å². The molecule has 9 heteroatoms. The van der Waals surface area contributed by atoms with E-state index >= 15 is 0 Å². The molecule has 2 aromatic rings. The van der Waals surface area contributed by atoms with Gasteiger partial charge in [-0.3, -0.25) is 9.69 Å². The molecule has 1 aromatic carbocycles. The Morgan fingerprint density at radius 3 is 2.29 bits per heavy atom. The number of carbonyl (C=O) groups is 1. The van der Waals surface area contributed by atoms with E-state index in [0.29, 0.717) is 32.4 Å². The highest BCUT2D eigenvalue weighted by molar-refractivity contribution is 5.69. The number of nitrogens with zero attached hydrogens (tertiary/aromatic N) is 4. The molecule has 212 valence electrons. The Bertz CT molecular complexity index is 951. The Morgan fingerprint density at radius 1 is 1.03 bits per heavy atom. The molecule has 2 heterocycles. The van der Waals surface area contributed by atoms with Gasteiger partial charge in [0.2, 0.25) is 0 Å². The summed E-state index contributed by atoms with van der Waals surface area (Å²) in [5.41, 5.74) is -1.62. The van der Waals surface area contributed by atoms with E-state index in [1.165, 1.54) is 74.8 Å². The minimum absolute atomic E-state index is 0.0134. The maximum Gasteiger partial charge on any atom is 0.306 e. The Kier molecular flexibility index (Phi) is 12.6. The van der Waals surface area contributed by atoms with Gasteiger partial charge in [-0.15, -0.1) is 0 Å². The van der Waals surface area contributed by atoms with E-state index in [9.17, 15) is 18.7 Å². The molecule has 1 unspecified atom stereocenters. The van der Waals surface area contributed by atoms with Crippen molar-refractivity contribution in [3.8, 4) is 0 Å². The Labute approximate surface area is 225 Å². The predicted molar refractivity (Wildman–Crippen MR) is 142 cm³/mol. The molecule has 0 bridgehead atoms. The molecule has 3 rings (SSSR count). The van der Waals surface area contributed by atoms with Gasteiger partial charge < -0.3 is 9.84 Å². The second kappa shape index (κ2) is 15.9. The number of carbonyl (C=O) groups excluding carboxylic acids is 1. The fraction of sp³-hybridized carbons (Fsp3) is 0.690. The van der Waals surface area contributed by atoms with Gasteiger partial charge in [-0.1, -0.05) is 70.8 Å². The zero-order chi connectivity index (χ0) is 27.2. The smallest absolute Gasteiger partial charge is 0.306 e. The van der Waals surface area contributed by atoms with Crippen molar-refractivity contribution in [2.24, 2.45) is 0 Å². The summed E-state index contributed by atoms with van der Waals surface area (Å²) in [4.78, 5) is 18.2. The minimum Gasteiger partial charge on any atom is -0.462 e. The zero-order valence-corrected chi connectivity index (χ0v) is 22.8. The molecule has 1 atom stereocenters. The molecule has 1 aliphatic heterocycles. The fourth-order valence-corrected chi connectivity index (χ4v) is 5.23. The molecule has 1 saturated heterocycles. The number of esters is 1. The number of aliphatic hydroxyl groups is 1. The molecule has 0 saturated carbocycles. The topological polar surface area (TPSA) is 80.5 Å². The lowest BCUT2D eigenvalue weighted by atomic mass is 9.91. The molecule has 0 aliphatic carbocycles. The lowest BCUT2D eigenvalue weighted by molar-refractivity contribution is -0.152. The first-order valence-corrected chi connectivity index (χ1v) is 14.3. The molecule has 1 aliphatic rings. The molecular formula is C29H44F2N4O3. The number of ether oxygens (including phenoxy) is 1. The van der Waals surface area contributed by atoms with Crippen LogP contribution in [0.1, 0.15) is 96.0 Å². The number of β-amino-alcohol motifs (C(OH)–C–C–N with tert-alkyl or cyclic N) is 1. The molecule has 1 aromatic heterocycles. The van der Waals surface area contributed by atoms with Crippen LogP contribution in [-0.2, 0) is 21.7 Å². The summed E-state index contributed by atoms with van der Waals surface area (Å²) in [6, 6.07) is 3.21. The number of halogens is 2. The molecule has 38 heavy (non-hydrogen) atoms. The van der Waals surface area contributed by atoms with Crippen molar-refractivity contribution < 1.29 is 23.4 Å². The number of rotatable bonds is 17. The van der Waals surface area contributed by atoms with Gasteiger partial charge in [0, 0.05) is 37.7 Å². The number of benzene rings is 1. The van der Waals surface area contributed by atoms with E-state index < -0.39 is 17.2 Å². The van der Waals surface area contributed by atoms with Gasteiger partial charge in [0.25, 0.3) is 0 Å². The average Bonchev–Trinajstić information content (AvgIpc) is 3.39. The zero-order valence-electron chi connectivity index (χ0n) is 22.8. The second-order valence-electron chi connectivity index (χ2n) is 10.6. The molecular weight excluding hydrogens is 490 g/mol. The summed E-state index contributed by atoms with van der Waals surface area (Å²) >= 11 is 0. The van der Waals surface area contributed by atoms with Gasteiger partial charge >= 0.3 is 5.97 Å². The molecule has 7 nitrogen and oxygen atoms in total. The SMILES string of the molecule is CCCCCCCCCCCCC(=O)OC1CCN(CC(O)(Cn2cncn2)c2ccc(F)cc2F)CC1. The number of piperidine rings is 1. The van der Waals surface area contributed by atoms with E-state index in [1.54, 1.807) is 0 Å². The molecule has 0 radical (unpaired) electrons. The largest absolute Gasteiger partial charge is 0.462 e. The summed E-state index contributed by atoms with van der Waals surface area (Å²) in [6.07, 6.45) is 16.6. The lowest BCUT2D eigenvalue weighted by Crippen LogP contribution is -2.48. The van der Waals surface area contributed by atoms with Gasteiger partial charge in [-0.05, 0) is 25.3 Å². The van der Waals surface area contributed by atoms with Crippen LogP contribution in [0.25, 0.3) is 0 Å². The van der Waals surface area contributed by atoms with Crippen molar-refractivity contribution in [2.75, 3.05) is 19.6 Å². The van der Waals surface area contributed by atoms with Crippen LogP contribution in [-0.4, -0.2) is 56.5 Å². The predicted octanol–water partition coefficient (Wildman–Crippen LogP) is 5.76. The van der Waals surface area contributed by atoms with Crippen molar-refractivity contribution in [3.05, 3.63) is 48.1 Å². The van der Waals surface area contributed by atoms with Gasteiger partial charge in [0.1, 0.15) is 36.0 Å². The Morgan fingerprint density at radius 2 is 1.68 bits per heavy atom. The average molecular weight is 535 g/mol. The number of aromatic nitrogens is 3. The van der Waals surface area contributed by atoms with Gasteiger partial charge in [-0.2, -0.15) is 5.10 Å². The van der Waals surface area contributed by atoms with E-state index in [0.717, 1.165) is 25.0 Å². The maximum atomic E-state index is 14.7. The van der Waals surface area contributed by atoms with E-state index in [1.807, 2.05) is 4.90 Å². The van der Waals surface area contributed by atoms with Crippen LogP contribution in [0.2, 0.25) is 0 Å². The van der Waals surface area contributed by atoms with Gasteiger partial charge in [-0.25, -0.2) is 18.4 Å². The second-order valence-corrected chi connectivity index (χ2v) is 10.6. The summed E-state index contributed by atoms with van der Waals surface area (Å²) < 4.78 is 35.3. The van der Waals surface area contributed by atoms with Crippen molar-refractivity contribution in [1.29, 1.82) is 0 Å². The van der Waals surface area contributed by atoms with Crippen LogP contribution in [0.3, 0.4) is 0 Å². The van der Waals surface area contributed by atoms with Crippen molar-refractivity contribution >= 4 is 5.97 Å². The summed E-state index contributed by atoms with van der Waals surface area (Å²) in [5.74, 6) is -1.64. The van der Waals surface area contributed by atoms with Crippen LogP contribution in [0.15, 0.2) is 30.9 Å². The van der Waals surface area contributed by atoms with Crippen LogP contribution in [0.4, 0.5) is 8.78 Å². The number of unbranched alkanes of at least 4 members (excludes halogenated alkanes) is 9. The van der Waals surface area contributed by atoms with E-state index in [-0.39, 0.29) is 30.7 Å². The minimum atomic E-state index is -1.63. The standard InChI is InChI=1S/C29H44F2N4O3/c1-2-3-4-5-6-7-8-9-10-11-12-28(36)38-25-15-17-34(18-16-25)20-29(37,21-35-23-32-22-33-35)26-14-13-24(30)19-27(26)31/h13-14,19,22-23,25,37H,2-12,15-18,20-21H2,1H3. The van der Waals surface area contributed by atoms with Crippen molar-refractivity contribution in [2.45, 2.75) is 109 Å². The monoisotopic (exact) mass is 534 g/mol. The van der Waals surface area contributed by atoms with E-state index in [2.05, 4.69) is 17.0 Å². The first-order valence-electron chi connectivity index (χ1n) is 14.3. The van der Waals surface area contributed by atoms with Crippen LogP contribution < -0.4 is 0 Å². The fourth-order valence-electron chi connectivity index (χ4n) is 5.23. The maximum absolute atomic E-state index is 14.7. The lowest BCUT2D eigenvalue weighted by Gasteiger charge is -2.38. The normalized spacial score (nSPS) is 16.4. The highest BCUT2D eigenvalue weighted by Crippen LogP contribution is 2.29. The highest BCUT2D eigenvalue weighted by atomic mass is 19.1. The van der Waals surface area contributed by atoms with Crippen LogP contribution in [0.5, 0.6) is 0 Å². The summed E-state index contributed by atoms with van der Waals surface area (Å²) in [6.45, 7) is 3.54. The number of hydrogen-bond acceptors (Lipinski definition) is 6. The summed E-state index contributed by atoms with van der Waals surface area (Å²) in [7, 11) is 0. The molecule has 1 fully saturated rings. The first-order chi connectivity index (χ1) is 18.4. The third kappa shape index (κ3) is 10.1. The molecule has 1 N–H and O–H groups in total. The van der Waals surface area contributed by atoms with Gasteiger partial charge in [0.05, 0.1) is 6.54 Å². The number of hydrogen-bond donors (Lipinski definition) is 1. The first kappa shape index (κ1) is 30.2. The quantitative estimate of drug-likeness (QED) is 0.205. The Hall–Kier alpha value is -2.39. The molecule has 0 spiro atoms. The van der Waals surface area contributed by atoms with Crippen molar-refractivity contribution in [3.63, 3.8) is 0 Å². The molecule has 0 amide bonds.